The van der Waals surface area contributed by atoms with Crippen LogP contribution in [-0.2, 0) is 19.4 Å². The predicted molar refractivity (Wildman–Crippen MR) is 81.4 cm³/mol. The van der Waals surface area contributed by atoms with Gasteiger partial charge in [-0.05, 0) is 31.7 Å². The number of thioether (sulfide) groups is 1. The summed E-state index contributed by atoms with van der Waals surface area (Å²) < 4.78 is 2.15. The number of hydrogen-bond donors (Lipinski definition) is 1. The third kappa shape index (κ3) is 4.65. The molecule has 1 unspecified atom stereocenters. The van der Waals surface area contributed by atoms with E-state index >= 15 is 0 Å². The molecule has 3 nitrogen and oxygen atoms in total. The Balaban J connectivity index is 2.68. The first-order valence-corrected chi connectivity index (χ1v) is 8.27. The van der Waals surface area contributed by atoms with Gasteiger partial charge in [-0.2, -0.15) is 16.9 Å². The van der Waals surface area contributed by atoms with E-state index in [1.807, 2.05) is 11.8 Å². The molecule has 0 bridgehead atoms. The Kier molecular flexibility index (Phi) is 7.44. The first-order valence-electron chi connectivity index (χ1n) is 7.11. The summed E-state index contributed by atoms with van der Waals surface area (Å²) in [5.74, 6) is 2.37. The molecule has 18 heavy (non-hydrogen) atoms. The van der Waals surface area contributed by atoms with Crippen molar-refractivity contribution >= 4 is 11.8 Å². The number of hydrogen-bond acceptors (Lipinski definition) is 3. The van der Waals surface area contributed by atoms with Crippen molar-refractivity contribution in [2.75, 3.05) is 18.1 Å². The number of aryl methyl sites for hydroxylation is 2. The number of nitrogens with zero attached hydrogens (tertiary/aromatic N) is 2. The fourth-order valence-corrected chi connectivity index (χ4v) is 2.87. The first-order chi connectivity index (χ1) is 8.74. The van der Waals surface area contributed by atoms with E-state index in [2.05, 4.69) is 48.9 Å². The molecule has 0 aliphatic carbocycles. The smallest absolute Gasteiger partial charge is 0.0624 e. The fraction of sp³-hybridized carbons (Fsp3) is 0.786. The van der Waals surface area contributed by atoms with Gasteiger partial charge in [-0.1, -0.05) is 20.8 Å². The van der Waals surface area contributed by atoms with Crippen LogP contribution < -0.4 is 5.32 Å². The van der Waals surface area contributed by atoms with E-state index in [1.54, 1.807) is 0 Å². The highest BCUT2D eigenvalue weighted by Gasteiger charge is 2.12. The molecule has 0 saturated carbocycles. The van der Waals surface area contributed by atoms with Gasteiger partial charge in [0.25, 0.3) is 0 Å². The Morgan fingerprint density at radius 2 is 2.11 bits per heavy atom. The zero-order valence-corrected chi connectivity index (χ0v) is 13.0. The van der Waals surface area contributed by atoms with Gasteiger partial charge in [0.05, 0.1) is 5.69 Å². The van der Waals surface area contributed by atoms with Gasteiger partial charge in [-0.25, -0.2) is 0 Å². The summed E-state index contributed by atoms with van der Waals surface area (Å²) >= 11 is 2.01. The normalized spacial score (nSPS) is 12.9. The van der Waals surface area contributed by atoms with Crippen molar-refractivity contribution < 1.29 is 0 Å². The number of rotatable bonds is 9. The molecular weight excluding hydrogens is 242 g/mol. The molecule has 0 spiro atoms. The molecule has 1 rings (SSSR count). The van der Waals surface area contributed by atoms with Gasteiger partial charge in [0.2, 0.25) is 0 Å². The monoisotopic (exact) mass is 269 g/mol. The first kappa shape index (κ1) is 15.6. The summed E-state index contributed by atoms with van der Waals surface area (Å²) in [6.07, 6.45) is 2.11. The molecular formula is C14H27N3S. The molecule has 104 valence electrons. The van der Waals surface area contributed by atoms with Crippen LogP contribution in [0.1, 0.15) is 39.1 Å². The predicted octanol–water partition coefficient (Wildman–Crippen LogP) is 2.74. The van der Waals surface area contributed by atoms with Crippen LogP contribution in [0.5, 0.6) is 0 Å². The van der Waals surface area contributed by atoms with Crippen LogP contribution in [0.25, 0.3) is 0 Å². The average molecular weight is 269 g/mol. The maximum atomic E-state index is 4.62. The molecule has 1 N–H and O–H groups in total. The molecule has 1 aromatic rings. The van der Waals surface area contributed by atoms with Crippen LogP contribution in [0.2, 0.25) is 0 Å². The van der Waals surface area contributed by atoms with Gasteiger partial charge in [0.15, 0.2) is 0 Å². The maximum Gasteiger partial charge on any atom is 0.0624 e. The third-order valence-corrected chi connectivity index (χ3v) is 4.09. The number of nitrogens with one attached hydrogen (secondary N) is 1. The van der Waals surface area contributed by atoms with Gasteiger partial charge >= 0.3 is 0 Å². The van der Waals surface area contributed by atoms with Crippen LogP contribution in [0.4, 0.5) is 0 Å². The topological polar surface area (TPSA) is 29.9 Å². The molecule has 0 aliphatic rings. The van der Waals surface area contributed by atoms with E-state index in [0.717, 1.165) is 25.9 Å². The van der Waals surface area contributed by atoms with Gasteiger partial charge in [-0.15, -0.1) is 0 Å². The second-order valence-corrected chi connectivity index (χ2v) is 5.73. The van der Waals surface area contributed by atoms with Crippen molar-refractivity contribution in [3.63, 3.8) is 0 Å². The van der Waals surface area contributed by atoms with Crippen molar-refractivity contribution in [3.8, 4) is 0 Å². The second kappa shape index (κ2) is 8.59. The molecule has 0 saturated heterocycles. The Bertz CT molecular complexity index is 336. The Morgan fingerprint density at radius 1 is 1.33 bits per heavy atom. The van der Waals surface area contributed by atoms with Gasteiger partial charge in [0, 0.05) is 30.5 Å². The largest absolute Gasteiger partial charge is 0.313 e. The summed E-state index contributed by atoms with van der Waals surface area (Å²) in [7, 11) is 0. The summed E-state index contributed by atoms with van der Waals surface area (Å²) in [6.45, 7) is 10.7. The summed E-state index contributed by atoms with van der Waals surface area (Å²) in [6, 6.07) is 2.83. The Hall–Kier alpha value is -0.480. The minimum absolute atomic E-state index is 0.562. The van der Waals surface area contributed by atoms with Crippen LogP contribution in [-0.4, -0.2) is 33.9 Å². The van der Waals surface area contributed by atoms with E-state index in [1.165, 1.54) is 22.9 Å². The number of likely N-dealkylation sites (N-methyl/N-ethyl adjacent to an activating group) is 1. The summed E-state index contributed by atoms with van der Waals surface area (Å²) in [5.41, 5.74) is 2.59. The van der Waals surface area contributed by atoms with Crippen molar-refractivity contribution in [2.45, 2.75) is 53.1 Å². The van der Waals surface area contributed by atoms with Crippen LogP contribution in [0.15, 0.2) is 6.07 Å². The van der Waals surface area contributed by atoms with Crippen LogP contribution in [0.3, 0.4) is 0 Å². The highest BCUT2D eigenvalue weighted by Crippen LogP contribution is 2.11. The molecule has 1 atom stereocenters. The molecule has 0 amide bonds. The lowest BCUT2D eigenvalue weighted by atomic mass is 10.1. The quantitative estimate of drug-likeness (QED) is 0.747. The van der Waals surface area contributed by atoms with Crippen molar-refractivity contribution in [1.82, 2.24) is 15.1 Å². The van der Waals surface area contributed by atoms with Crippen LogP contribution >= 0.6 is 11.8 Å². The highest BCUT2D eigenvalue weighted by atomic mass is 32.2. The minimum Gasteiger partial charge on any atom is -0.313 e. The summed E-state index contributed by atoms with van der Waals surface area (Å²) in [4.78, 5) is 0. The minimum atomic E-state index is 0.562. The second-order valence-electron chi connectivity index (χ2n) is 4.41. The van der Waals surface area contributed by atoms with Crippen molar-refractivity contribution in [2.24, 2.45) is 0 Å². The molecule has 4 heteroatoms. The Morgan fingerprint density at radius 3 is 2.67 bits per heavy atom. The van der Waals surface area contributed by atoms with Crippen molar-refractivity contribution in [3.05, 3.63) is 17.5 Å². The number of aromatic nitrogens is 2. The lowest BCUT2D eigenvalue weighted by Gasteiger charge is -2.17. The molecule has 0 aromatic carbocycles. The van der Waals surface area contributed by atoms with E-state index in [9.17, 15) is 0 Å². The molecule has 1 heterocycles. The van der Waals surface area contributed by atoms with Gasteiger partial charge in [-0.3, -0.25) is 4.68 Å². The lowest BCUT2D eigenvalue weighted by Crippen LogP contribution is -2.34. The average Bonchev–Trinajstić information content (AvgIpc) is 2.78. The zero-order chi connectivity index (χ0) is 13.4. The summed E-state index contributed by atoms with van der Waals surface area (Å²) in [5, 5.41) is 8.21. The third-order valence-electron chi connectivity index (χ3n) is 3.05. The molecule has 0 aliphatic heterocycles. The van der Waals surface area contributed by atoms with E-state index in [4.69, 9.17) is 0 Å². The van der Waals surface area contributed by atoms with Gasteiger partial charge < -0.3 is 5.32 Å². The molecule has 1 aromatic heterocycles. The maximum absolute atomic E-state index is 4.62. The standard InChI is InChI=1S/C14H27N3S/c1-5-12-9-14(17(7-3)16-12)10-13(15-6-2)11-18-8-4/h9,13,15H,5-8,10-11H2,1-4H3. The Labute approximate surface area is 116 Å². The SMILES string of the molecule is CCNC(CSCC)Cc1cc(CC)nn1CC. The molecule has 0 radical (unpaired) electrons. The zero-order valence-electron chi connectivity index (χ0n) is 12.2. The molecule has 0 fully saturated rings. The van der Waals surface area contributed by atoms with E-state index < -0.39 is 0 Å². The van der Waals surface area contributed by atoms with Gasteiger partial charge in [0.1, 0.15) is 0 Å². The van der Waals surface area contributed by atoms with E-state index in [-0.39, 0.29) is 0 Å². The van der Waals surface area contributed by atoms with Crippen molar-refractivity contribution in [1.29, 1.82) is 0 Å². The highest BCUT2D eigenvalue weighted by molar-refractivity contribution is 7.99. The fourth-order valence-electron chi connectivity index (χ4n) is 2.12. The van der Waals surface area contributed by atoms with E-state index in [0.29, 0.717) is 6.04 Å². The van der Waals surface area contributed by atoms with Crippen LogP contribution in [0, 0.1) is 0 Å². The lowest BCUT2D eigenvalue weighted by molar-refractivity contribution is 0.533.